The highest BCUT2D eigenvalue weighted by atomic mass is 19.1. The third kappa shape index (κ3) is 2.70. The summed E-state index contributed by atoms with van der Waals surface area (Å²) in [6.07, 6.45) is 0. The monoisotopic (exact) mass is 358 g/mol. The molecule has 0 saturated carbocycles. The van der Waals surface area contributed by atoms with Crippen LogP contribution in [0, 0.1) is 24.1 Å². The van der Waals surface area contributed by atoms with Gasteiger partial charge in [-0.1, -0.05) is 26.0 Å². The van der Waals surface area contributed by atoms with Gasteiger partial charge in [0, 0.05) is 11.3 Å². The molecule has 0 saturated heterocycles. The Balaban J connectivity index is 2.12. The van der Waals surface area contributed by atoms with Gasteiger partial charge in [-0.25, -0.2) is 9.37 Å². The molecule has 27 heavy (non-hydrogen) atoms. The molecule has 0 bridgehead atoms. The molecule has 2 aromatic heterocycles. The first-order chi connectivity index (χ1) is 13.0. The molecule has 4 rings (SSSR count). The lowest BCUT2D eigenvalue weighted by Crippen LogP contribution is -2.09. The number of hydrogen-bond donors (Lipinski definition) is 1. The minimum absolute atomic E-state index is 0.186. The standard InChI is InChI=1S/C22H19FN4/c1-13(2)20-14(3)17(12-24)21-26-18-6-4-5-7-19(18)27(21)22(20)25-16-10-8-15(23)9-11-16/h4-11,13,25H,1-3H3. The molecule has 0 amide bonds. The molecule has 0 atom stereocenters. The molecule has 2 heterocycles. The number of fused-ring (bicyclic) bond motifs is 3. The molecule has 2 aromatic carbocycles. The Morgan fingerprint density at radius 2 is 1.81 bits per heavy atom. The summed E-state index contributed by atoms with van der Waals surface area (Å²) in [7, 11) is 0. The maximum atomic E-state index is 13.3. The van der Waals surface area contributed by atoms with Gasteiger partial charge in [0.15, 0.2) is 5.65 Å². The van der Waals surface area contributed by atoms with Gasteiger partial charge in [-0.15, -0.1) is 0 Å². The predicted molar refractivity (Wildman–Crippen MR) is 106 cm³/mol. The van der Waals surface area contributed by atoms with Crippen molar-refractivity contribution < 1.29 is 4.39 Å². The number of nitrogens with zero attached hydrogens (tertiary/aromatic N) is 3. The van der Waals surface area contributed by atoms with Gasteiger partial charge in [-0.2, -0.15) is 5.26 Å². The first-order valence-corrected chi connectivity index (χ1v) is 8.87. The van der Waals surface area contributed by atoms with Gasteiger partial charge >= 0.3 is 0 Å². The summed E-state index contributed by atoms with van der Waals surface area (Å²) in [5.74, 6) is 0.765. The quantitative estimate of drug-likeness (QED) is 0.513. The minimum atomic E-state index is -0.279. The van der Waals surface area contributed by atoms with E-state index >= 15 is 0 Å². The first-order valence-electron chi connectivity index (χ1n) is 8.87. The van der Waals surface area contributed by atoms with Crippen molar-refractivity contribution in [2.24, 2.45) is 0 Å². The molecule has 5 heteroatoms. The van der Waals surface area contributed by atoms with Crippen molar-refractivity contribution in [1.29, 1.82) is 5.26 Å². The smallest absolute Gasteiger partial charge is 0.157 e. The van der Waals surface area contributed by atoms with E-state index < -0.39 is 0 Å². The number of aromatic nitrogens is 2. The maximum absolute atomic E-state index is 13.3. The number of benzene rings is 2. The molecule has 0 aliphatic carbocycles. The van der Waals surface area contributed by atoms with Crippen LogP contribution in [0.15, 0.2) is 48.5 Å². The fraction of sp³-hybridized carbons (Fsp3) is 0.182. The fourth-order valence-corrected chi connectivity index (χ4v) is 3.65. The summed E-state index contributed by atoms with van der Waals surface area (Å²) in [4.78, 5) is 4.70. The van der Waals surface area contributed by atoms with Gasteiger partial charge < -0.3 is 5.32 Å². The van der Waals surface area contributed by atoms with Gasteiger partial charge in [0.1, 0.15) is 17.7 Å². The van der Waals surface area contributed by atoms with E-state index in [4.69, 9.17) is 4.98 Å². The SMILES string of the molecule is Cc1c(C(C)C)c(Nc2ccc(F)cc2)n2c(nc3ccccc32)c1C#N. The lowest BCUT2D eigenvalue weighted by molar-refractivity contribution is 0.628. The molecule has 0 aliphatic rings. The number of imidazole rings is 1. The Kier molecular flexibility index (Phi) is 4.04. The number of para-hydroxylation sites is 2. The molecule has 134 valence electrons. The highest BCUT2D eigenvalue weighted by Gasteiger charge is 2.22. The van der Waals surface area contributed by atoms with Crippen LogP contribution in [0.2, 0.25) is 0 Å². The second kappa shape index (κ2) is 6.40. The van der Waals surface area contributed by atoms with Gasteiger partial charge in [0.05, 0.1) is 16.6 Å². The molecular weight excluding hydrogens is 339 g/mol. The van der Waals surface area contributed by atoms with Crippen molar-refractivity contribution in [3.63, 3.8) is 0 Å². The molecule has 0 radical (unpaired) electrons. The molecule has 0 unspecified atom stereocenters. The third-order valence-electron chi connectivity index (χ3n) is 4.84. The highest BCUT2D eigenvalue weighted by molar-refractivity contribution is 5.87. The van der Waals surface area contributed by atoms with E-state index in [1.54, 1.807) is 12.1 Å². The van der Waals surface area contributed by atoms with Crippen LogP contribution < -0.4 is 5.32 Å². The van der Waals surface area contributed by atoms with Crippen LogP contribution in [0.1, 0.15) is 36.5 Å². The Morgan fingerprint density at radius 3 is 2.48 bits per heavy atom. The van der Waals surface area contributed by atoms with E-state index in [1.165, 1.54) is 12.1 Å². The lowest BCUT2D eigenvalue weighted by Gasteiger charge is -2.21. The molecule has 0 fully saturated rings. The van der Waals surface area contributed by atoms with Gasteiger partial charge in [-0.3, -0.25) is 4.40 Å². The average molecular weight is 358 g/mol. The Hall–Kier alpha value is -3.39. The summed E-state index contributed by atoms with van der Waals surface area (Å²) >= 11 is 0. The minimum Gasteiger partial charge on any atom is -0.341 e. The van der Waals surface area contributed by atoms with E-state index in [9.17, 15) is 9.65 Å². The zero-order valence-electron chi connectivity index (χ0n) is 15.4. The summed E-state index contributed by atoms with van der Waals surface area (Å²) in [5.41, 5.74) is 5.71. The van der Waals surface area contributed by atoms with Crippen molar-refractivity contribution in [2.75, 3.05) is 5.32 Å². The van der Waals surface area contributed by atoms with Crippen LogP contribution in [0.4, 0.5) is 15.9 Å². The normalized spacial score (nSPS) is 11.3. The first kappa shape index (κ1) is 17.0. The molecular formula is C22H19FN4. The van der Waals surface area contributed by atoms with E-state index in [1.807, 2.05) is 35.6 Å². The van der Waals surface area contributed by atoms with Crippen LogP contribution in [-0.4, -0.2) is 9.38 Å². The van der Waals surface area contributed by atoms with Crippen LogP contribution in [0.3, 0.4) is 0 Å². The Morgan fingerprint density at radius 1 is 1.11 bits per heavy atom. The second-order valence-electron chi connectivity index (χ2n) is 6.92. The van der Waals surface area contributed by atoms with E-state index in [0.717, 1.165) is 33.7 Å². The fourth-order valence-electron chi connectivity index (χ4n) is 3.65. The molecule has 0 aliphatic heterocycles. The summed E-state index contributed by atoms with van der Waals surface area (Å²) in [5, 5.41) is 13.2. The molecule has 0 spiro atoms. The van der Waals surface area contributed by atoms with Crippen molar-refractivity contribution in [3.05, 3.63) is 71.0 Å². The van der Waals surface area contributed by atoms with E-state index in [2.05, 4.69) is 25.2 Å². The van der Waals surface area contributed by atoms with Crippen molar-refractivity contribution in [3.8, 4) is 6.07 Å². The largest absolute Gasteiger partial charge is 0.341 e. The number of halogens is 1. The van der Waals surface area contributed by atoms with Crippen LogP contribution >= 0.6 is 0 Å². The Labute approximate surface area is 156 Å². The summed E-state index contributed by atoms with van der Waals surface area (Å²) in [6, 6.07) is 16.4. The predicted octanol–water partition coefficient (Wildman–Crippen LogP) is 5.67. The maximum Gasteiger partial charge on any atom is 0.157 e. The summed E-state index contributed by atoms with van der Waals surface area (Å²) < 4.78 is 15.3. The number of anilines is 2. The van der Waals surface area contributed by atoms with Crippen LogP contribution in [0.5, 0.6) is 0 Å². The third-order valence-corrected chi connectivity index (χ3v) is 4.84. The number of nitrogens with one attached hydrogen (secondary N) is 1. The van der Waals surface area contributed by atoms with Crippen LogP contribution in [-0.2, 0) is 0 Å². The van der Waals surface area contributed by atoms with Crippen molar-refractivity contribution in [1.82, 2.24) is 9.38 Å². The summed E-state index contributed by atoms with van der Waals surface area (Å²) in [6.45, 7) is 6.16. The second-order valence-corrected chi connectivity index (χ2v) is 6.92. The number of hydrogen-bond acceptors (Lipinski definition) is 3. The Bertz CT molecular complexity index is 1200. The van der Waals surface area contributed by atoms with Gasteiger partial charge in [-0.05, 0) is 54.8 Å². The topological polar surface area (TPSA) is 53.1 Å². The zero-order valence-corrected chi connectivity index (χ0v) is 15.4. The van der Waals surface area contributed by atoms with E-state index in [-0.39, 0.29) is 11.7 Å². The lowest BCUT2D eigenvalue weighted by atomic mass is 9.95. The zero-order chi connectivity index (χ0) is 19.1. The van der Waals surface area contributed by atoms with Crippen molar-refractivity contribution in [2.45, 2.75) is 26.7 Å². The van der Waals surface area contributed by atoms with Crippen molar-refractivity contribution >= 4 is 28.2 Å². The number of nitriles is 1. The number of pyridine rings is 1. The van der Waals surface area contributed by atoms with Gasteiger partial charge in [0.25, 0.3) is 0 Å². The number of rotatable bonds is 3. The molecule has 4 aromatic rings. The van der Waals surface area contributed by atoms with E-state index in [0.29, 0.717) is 11.2 Å². The highest BCUT2D eigenvalue weighted by Crippen LogP contribution is 2.36. The average Bonchev–Trinajstić information content (AvgIpc) is 3.02. The van der Waals surface area contributed by atoms with Gasteiger partial charge in [0.2, 0.25) is 0 Å². The molecule has 1 N–H and O–H groups in total. The molecule has 4 nitrogen and oxygen atoms in total. The van der Waals surface area contributed by atoms with Crippen LogP contribution in [0.25, 0.3) is 16.7 Å².